The van der Waals surface area contributed by atoms with Crippen molar-refractivity contribution in [2.75, 3.05) is 11.6 Å². The lowest BCUT2D eigenvalue weighted by molar-refractivity contribution is -0.164. The Morgan fingerprint density at radius 1 is 1.17 bits per heavy atom. The Balaban J connectivity index is 1.59. The van der Waals surface area contributed by atoms with Crippen LogP contribution in [0.5, 0.6) is 0 Å². The van der Waals surface area contributed by atoms with E-state index in [2.05, 4.69) is 32.0 Å². The number of hydrogen-bond acceptors (Lipinski definition) is 9. The third kappa shape index (κ3) is 7.54. The number of nitrogens with two attached hydrogens (primary N) is 1. The minimum Gasteiger partial charge on any atom is -0.447 e. The highest BCUT2D eigenvalue weighted by Crippen LogP contribution is 2.49. The number of halogens is 7. The molecule has 0 radical (unpaired) electrons. The van der Waals surface area contributed by atoms with Crippen molar-refractivity contribution in [3.63, 3.8) is 0 Å². The highest BCUT2D eigenvalue weighted by Gasteiger charge is 2.64. The fourth-order valence-electron chi connectivity index (χ4n) is 5.87. The maximum absolute atomic E-state index is 15.6. The average molecular weight is 755 g/mol. The summed E-state index contributed by atoms with van der Waals surface area (Å²) in [7, 11) is 0. The van der Waals surface area contributed by atoms with Crippen LogP contribution in [0.15, 0.2) is 63.9 Å². The van der Waals surface area contributed by atoms with Crippen LogP contribution < -0.4 is 16.1 Å². The Bertz CT molecular complexity index is 1900. The molecule has 52 heavy (non-hydrogen) atoms. The Labute approximate surface area is 298 Å². The van der Waals surface area contributed by atoms with Crippen molar-refractivity contribution in [2.24, 2.45) is 26.2 Å². The molecule has 2 atom stereocenters. The number of ether oxygens (including phenoxy) is 1. The van der Waals surface area contributed by atoms with Gasteiger partial charge in [0.2, 0.25) is 0 Å². The summed E-state index contributed by atoms with van der Waals surface area (Å²) in [4.78, 5) is 37.4. The highest BCUT2D eigenvalue weighted by atomic mass is 35.5. The summed E-state index contributed by atoms with van der Waals surface area (Å²) in [6.07, 6.45) is -3.57. The van der Waals surface area contributed by atoms with Crippen LogP contribution in [-0.4, -0.2) is 75.8 Å². The number of nitrogens with one attached hydrogen (secondary N) is 1. The summed E-state index contributed by atoms with van der Waals surface area (Å²) in [6, 6.07) is 6.00. The summed E-state index contributed by atoms with van der Waals surface area (Å²) in [5.41, 5.74) is 1.08. The molecule has 2 aromatic carbocycles. The van der Waals surface area contributed by atoms with Gasteiger partial charge < -0.3 is 15.8 Å². The molecule has 2 heterocycles. The summed E-state index contributed by atoms with van der Waals surface area (Å²) in [6.45, 7) is 4.49. The maximum atomic E-state index is 15.6. The van der Waals surface area contributed by atoms with Crippen molar-refractivity contribution in [1.29, 1.82) is 0 Å². The average Bonchev–Trinajstić information content (AvgIpc) is 3.56. The van der Waals surface area contributed by atoms with Gasteiger partial charge in [-0.25, -0.2) is 19.2 Å². The van der Waals surface area contributed by atoms with Gasteiger partial charge in [-0.2, -0.15) is 37.3 Å². The lowest BCUT2D eigenvalue weighted by atomic mass is 9.75. The van der Waals surface area contributed by atoms with E-state index >= 15 is 4.39 Å². The molecular weight excluding hydrogens is 722 g/mol. The zero-order valence-electron chi connectivity index (χ0n) is 27.9. The number of alkyl halides is 5. The van der Waals surface area contributed by atoms with Crippen LogP contribution in [-0.2, 0) is 15.1 Å². The fraction of sp³-hybridized carbons (Fsp3) is 0.406. The zero-order chi connectivity index (χ0) is 38.2. The second-order valence-electron chi connectivity index (χ2n) is 13.3. The van der Waals surface area contributed by atoms with Gasteiger partial charge in [0.05, 0.1) is 29.1 Å². The number of alkyl carbamates (subject to hydrolysis) is 1. The molecule has 3 aromatic rings. The molecule has 0 bridgehead atoms. The van der Waals surface area contributed by atoms with Gasteiger partial charge in [0.1, 0.15) is 24.2 Å². The van der Waals surface area contributed by atoms with Gasteiger partial charge >= 0.3 is 18.8 Å². The van der Waals surface area contributed by atoms with E-state index in [1.165, 1.54) is 36.7 Å². The van der Waals surface area contributed by atoms with Crippen molar-refractivity contribution in [1.82, 2.24) is 25.2 Å². The van der Waals surface area contributed by atoms with E-state index in [1.54, 1.807) is 20.8 Å². The van der Waals surface area contributed by atoms with E-state index in [-0.39, 0.29) is 51.8 Å². The van der Waals surface area contributed by atoms with Crippen LogP contribution in [0.25, 0.3) is 5.69 Å². The number of carbonyl (C=O) groups excluding carboxylic acids is 2. The molecule has 20 heteroatoms. The first-order valence-electron chi connectivity index (χ1n) is 15.5. The Hall–Kier alpha value is -5.20. The molecule has 278 valence electrons. The number of hydrazone groups is 1. The standard InChI is InChI=1S/C32H33ClF6N10O3/c1-29(2,3)16-31(19-6-8-22(21(34)14-19)49-42-11-12-43-49)25(50)47(27(40)45-31)24(15-52-28(51)46-30(9-10-30)32(37,38)39)18-5-7-20(33)23(13-18)48(26(35)36)44-17-41-4/h5-8,11-14,17,24,26H,4,9-10,15-16H2,1-3H3,(H2,40,45)(H,46,51)/b44-17-/t24-,31-/m1/s1. The first-order valence-corrected chi connectivity index (χ1v) is 15.9. The smallest absolute Gasteiger partial charge is 0.411 e. The van der Waals surface area contributed by atoms with Crippen LogP contribution in [0.2, 0.25) is 5.02 Å². The van der Waals surface area contributed by atoms with Crippen molar-refractivity contribution in [3.8, 4) is 5.69 Å². The topological polar surface area (TPSA) is 156 Å². The molecule has 0 saturated heterocycles. The van der Waals surface area contributed by atoms with Gasteiger partial charge in [-0.1, -0.05) is 44.5 Å². The Kier molecular flexibility index (Phi) is 10.3. The molecule has 1 aliphatic carbocycles. The number of rotatable bonds is 12. The number of amides is 2. The lowest BCUT2D eigenvalue weighted by Gasteiger charge is -2.35. The van der Waals surface area contributed by atoms with Crippen LogP contribution in [0, 0.1) is 11.2 Å². The van der Waals surface area contributed by atoms with Gasteiger partial charge in [0.15, 0.2) is 17.3 Å². The third-order valence-corrected chi connectivity index (χ3v) is 8.65. The zero-order valence-corrected chi connectivity index (χ0v) is 28.7. The molecule has 3 N–H and O–H groups in total. The fourth-order valence-corrected chi connectivity index (χ4v) is 6.08. The number of aromatic nitrogens is 3. The minimum absolute atomic E-state index is 0.0130. The number of hydrogen-bond donors (Lipinski definition) is 2. The van der Waals surface area contributed by atoms with Crippen LogP contribution >= 0.6 is 11.6 Å². The van der Waals surface area contributed by atoms with E-state index in [0.29, 0.717) is 0 Å². The minimum atomic E-state index is -4.76. The van der Waals surface area contributed by atoms with E-state index in [4.69, 9.17) is 22.1 Å². The van der Waals surface area contributed by atoms with Crippen molar-refractivity contribution >= 4 is 48.3 Å². The van der Waals surface area contributed by atoms with Crippen LogP contribution in [0.3, 0.4) is 0 Å². The van der Waals surface area contributed by atoms with E-state index < -0.39 is 65.6 Å². The Morgan fingerprint density at radius 2 is 1.85 bits per heavy atom. The number of anilines is 1. The molecule has 2 aliphatic rings. The van der Waals surface area contributed by atoms with Gasteiger partial charge in [-0.3, -0.25) is 14.7 Å². The molecular formula is C32H33ClF6N10O3. The first-order chi connectivity index (χ1) is 24.3. The van der Waals surface area contributed by atoms with Crippen LogP contribution in [0.1, 0.15) is 57.2 Å². The van der Waals surface area contributed by atoms with E-state index in [9.17, 15) is 31.5 Å². The predicted octanol–water partition coefficient (Wildman–Crippen LogP) is 6.08. The largest absolute Gasteiger partial charge is 0.447 e. The van der Waals surface area contributed by atoms with Crippen molar-refractivity contribution < 1.29 is 40.7 Å². The van der Waals surface area contributed by atoms with Gasteiger partial charge in [-0.15, -0.1) is 4.80 Å². The molecule has 1 saturated carbocycles. The number of carbonyl (C=O) groups is 2. The van der Waals surface area contributed by atoms with E-state index in [0.717, 1.165) is 28.2 Å². The molecule has 5 rings (SSSR count). The van der Waals surface area contributed by atoms with Gasteiger partial charge in [-0.05, 0) is 66.8 Å². The number of aliphatic imine (C=N–C) groups is 2. The van der Waals surface area contributed by atoms with Gasteiger partial charge in [0.25, 0.3) is 5.91 Å². The second kappa shape index (κ2) is 14.1. The van der Waals surface area contributed by atoms with Gasteiger partial charge in [0, 0.05) is 0 Å². The molecule has 13 nitrogen and oxygen atoms in total. The van der Waals surface area contributed by atoms with E-state index in [1.807, 2.05) is 5.32 Å². The van der Waals surface area contributed by atoms with Crippen LogP contribution in [0.4, 0.5) is 36.8 Å². The predicted molar refractivity (Wildman–Crippen MR) is 179 cm³/mol. The molecule has 1 aromatic heterocycles. The number of nitrogens with zero attached hydrogens (tertiary/aromatic N) is 8. The second-order valence-corrected chi connectivity index (χ2v) is 13.7. The quantitative estimate of drug-likeness (QED) is 0.0746. The summed E-state index contributed by atoms with van der Waals surface area (Å²) in [5.74, 6) is -2.07. The molecule has 1 fully saturated rings. The third-order valence-electron chi connectivity index (χ3n) is 8.33. The summed E-state index contributed by atoms with van der Waals surface area (Å²) in [5, 5.41) is 13.2. The molecule has 2 amide bonds. The summed E-state index contributed by atoms with van der Waals surface area (Å²) >= 11 is 6.28. The first kappa shape index (κ1) is 38.0. The normalized spacial score (nSPS) is 19.2. The SMILES string of the molecule is C=N/C=N\N(c1cc([C@@H](COC(=O)NC2(C(F)(F)F)CC2)N2C(=O)[C@@](CC(C)(C)C)(c3ccc(-n4nccn4)c(F)c3)N=C2N)ccc1Cl)C(F)F. The Morgan fingerprint density at radius 3 is 2.40 bits per heavy atom. The highest BCUT2D eigenvalue weighted by molar-refractivity contribution is 6.33. The maximum Gasteiger partial charge on any atom is 0.411 e. The number of guanidine groups is 1. The number of benzene rings is 2. The lowest BCUT2D eigenvalue weighted by Crippen LogP contribution is -2.50. The molecule has 0 spiro atoms. The summed E-state index contributed by atoms with van der Waals surface area (Å²) < 4.78 is 89.9. The van der Waals surface area contributed by atoms with Crippen molar-refractivity contribution in [2.45, 2.75) is 69.9 Å². The monoisotopic (exact) mass is 754 g/mol. The molecule has 1 aliphatic heterocycles. The molecule has 0 unspecified atom stereocenters. The van der Waals surface area contributed by atoms with Crippen molar-refractivity contribution in [3.05, 3.63) is 70.8 Å².